The van der Waals surface area contributed by atoms with Gasteiger partial charge in [-0.3, -0.25) is 4.79 Å². The van der Waals surface area contributed by atoms with E-state index in [0.29, 0.717) is 36.9 Å². The van der Waals surface area contributed by atoms with E-state index in [2.05, 4.69) is 10.3 Å². The first-order valence-corrected chi connectivity index (χ1v) is 10.2. The average Bonchev–Trinajstić information content (AvgIpc) is 2.78. The van der Waals surface area contributed by atoms with Gasteiger partial charge in [-0.15, -0.1) is 0 Å². The molecule has 0 radical (unpaired) electrons. The minimum absolute atomic E-state index is 0.100. The first-order chi connectivity index (χ1) is 14.2. The Labute approximate surface area is 171 Å². The van der Waals surface area contributed by atoms with Crippen LogP contribution in [0.3, 0.4) is 0 Å². The third-order valence-electron chi connectivity index (χ3n) is 5.77. The standard InChI is InChI=1S/C22H28N4O3/c1-28-19-6-5-15(10-20(19)29-2)11-21(27)26-9-7-18-17(14-26)13-24-22(25-18)16-4-3-8-23-12-16/h5-6,10,13,16,23H,3-4,7-9,11-12,14H2,1-2H3. The third kappa shape index (κ3) is 4.34. The molecule has 1 N–H and O–H groups in total. The number of rotatable bonds is 5. The molecule has 29 heavy (non-hydrogen) atoms. The highest BCUT2D eigenvalue weighted by Crippen LogP contribution is 2.28. The van der Waals surface area contributed by atoms with Crippen LogP contribution in [0.25, 0.3) is 0 Å². The maximum absolute atomic E-state index is 12.9. The number of hydrogen-bond acceptors (Lipinski definition) is 6. The van der Waals surface area contributed by atoms with Crippen molar-refractivity contribution >= 4 is 5.91 Å². The van der Waals surface area contributed by atoms with Crippen LogP contribution >= 0.6 is 0 Å². The number of fused-ring (bicyclic) bond motifs is 1. The monoisotopic (exact) mass is 396 g/mol. The second-order valence-corrected chi connectivity index (χ2v) is 7.67. The van der Waals surface area contributed by atoms with Crippen LogP contribution in [0, 0.1) is 0 Å². The molecule has 4 rings (SSSR count). The number of piperidine rings is 1. The van der Waals surface area contributed by atoms with Crippen LogP contribution in [0.4, 0.5) is 0 Å². The number of methoxy groups -OCH3 is 2. The molecule has 1 aromatic carbocycles. The van der Waals surface area contributed by atoms with Crippen LogP contribution in [0.5, 0.6) is 11.5 Å². The highest BCUT2D eigenvalue weighted by Gasteiger charge is 2.25. The lowest BCUT2D eigenvalue weighted by Crippen LogP contribution is -2.38. The molecule has 7 heteroatoms. The first-order valence-electron chi connectivity index (χ1n) is 10.2. The molecule has 2 aliphatic heterocycles. The van der Waals surface area contributed by atoms with E-state index < -0.39 is 0 Å². The highest BCUT2D eigenvalue weighted by atomic mass is 16.5. The Balaban J connectivity index is 1.42. The van der Waals surface area contributed by atoms with E-state index in [4.69, 9.17) is 14.5 Å². The Morgan fingerprint density at radius 3 is 2.90 bits per heavy atom. The van der Waals surface area contributed by atoms with E-state index in [1.807, 2.05) is 29.3 Å². The number of nitrogens with one attached hydrogen (secondary N) is 1. The maximum atomic E-state index is 12.9. The van der Waals surface area contributed by atoms with Crippen molar-refractivity contribution in [1.82, 2.24) is 20.2 Å². The summed E-state index contributed by atoms with van der Waals surface area (Å²) in [5.41, 5.74) is 3.06. The smallest absolute Gasteiger partial charge is 0.227 e. The molecule has 0 bridgehead atoms. The lowest BCUT2D eigenvalue weighted by Gasteiger charge is -2.29. The molecule has 0 spiro atoms. The highest BCUT2D eigenvalue weighted by molar-refractivity contribution is 5.79. The van der Waals surface area contributed by atoms with Gasteiger partial charge in [0.2, 0.25) is 5.91 Å². The van der Waals surface area contributed by atoms with Crippen molar-refractivity contribution in [2.75, 3.05) is 33.9 Å². The summed E-state index contributed by atoms with van der Waals surface area (Å²) in [4.78, 5) is 24.2. The van der Waals surface area contributed by atoms with Crippen LogP contribution in [0.2, 0.25) is 0 Å². The summed E-state index contributed by atoms with van der Waals surface area (Å²) < 4.78 is 10.6. The predicted molar refractivity (Wildman–Crippen MR) is 109 cm³/mol. The molecule has 1 unspecified atom stereocenters. The molecule has 0 aliphatic carbocycles. The van der Waals surface area contributed by atoms with Gasteiger partial charge in [0, 0.05) is 43.7 Å². The number of amides is 1. The largest absolute Gasteiger partial charge is 0.493 e. The van der Waals surface area contributed by atoms with Gasteiger partial charge in [-0.2, -0.15) is 0 Å². The molecule has 1 amide bonds. The molecule has 0 saturated carbocycles. The Morgan fingerprint density at radius 1 is 1.28 bits per heavy atom. The van der Waals surface area contributed by atoms with Crippen LogP contribution in [-0.2, 0) is 24.2 Å². The fraction of sp³-hybridized carbons (Fsp3) is 0.500. The van der Waals surface area contributed by atoms with Gasteiger partial charge in [0.05, 0.1) is 26.3 Å². The Kier molecular flexibility index (Phi) is 5.94. The van der Waals surface area contributed by atoms with Crippen molar-refractivity contribution in [3.05, 3.63) is 47.0 Å². The minimum Gasteiger partial charge on any atom is -0.493 e. The van der Waals surface area contributed by atoms with Gasteiger partial charge in [0.15, 0.2) is 11.5 Å². The molecule has 154 valence electrons. The van der Waals surface area contributed by atoms with Gasteiger partial charge in [-0.25, -0.2) is 9.97 Å². The summed E-state index contributed by atoms with van der Waals surface area (Å²) in [5.74, 6) is 2.75. The van der Waals surface area contributed by atoms with E-state index >= 15 is 0 Å². The Hall–Kier alpha value is -2.67. The summed E-state index contributed by atoms with van der Waals surface area (Å²) in [6.07, 6.45) is 5.35. The van der Waals surface area contributed by atoms with Crippen LogP contribution < -0.4 is 14.8 Å². The van der Waals surface area contributed by atoms with Crippen LogP contribution in [0.15, 0.2) is 24.4 Å². The Morgan fingerprint density at radius 2 is 2.14 bits per heavy atom. The number of benzene rings is 1. The predicted octanol–water partition coefficient (Wildman–Crippen LogP) is 2.09. The Bertz CT molecular complexity index is 880. The van der Waals surface area contributed by atoms with E-state index in [0.717, 1.165) is 48.6 Å². The molecule has 1 saturated heterocycles. The summed E-state index contributed by atoms with van der Waals surface area (Å²) in [6.45, 7) is 3.30. The number of nitrogens with zero attached hydrogens (tertiary/aromatic N) is 3. The second-order valence-electron chi connectivity index (χ2n) is 7.67. The SMILES string of the molecule is COc1ccc(CC(=O)N2CCc3nc(C4CCCNC4)ncc3C2)cc1OC. The van der Waals surface area contributed by atoms with Crippen molar-refractivity contribution in [2.24, 2.45) is 0 Å². The molecule has 1 fully saturated rings. The fourth-order valence-electron chi connectivity index (χ4n) is 4.09. The number of aromatic nitrogens is 2. The van der Waals surface area contributed by atoms with Crippen molar-refractivity contribution in [3.63, 3.8) is 0 Å². The summed E-state index contributed by atoms with van der Waals surface area (Å²) in [6, 6.07) is 5.61. The molecule has 7 nitrogen and oxygen atoms in total. The number of hydrogen-bond donors (Lipinski definition) is 1. The molecule has 3 heterocycles. The van der Waals surface area contributed by atoms with Crippen molar-refractivity contribution in [2.45, 2.75) is 38.1 Å². The van der Waals surface area contributed by atoms with E-state index in [-0.39, 0.29) is 5.91 Å². The molecule has 1 aromatic heterocycles. The number of carbonyl (C=O) groups is 1. The van der Waals surface area contributed by atoms with E-state index in [1.165, 1.54) is 6.42 Å². The van der Waals surface area contributed by atoms with Crippen molar-refractivity contribution < 1.29 is 14.3 Å². The lowest BCUT2D eigenvalue weighted by atomic mass is 9.98. The zero-order chi connectivity index (χ0) is 20.2. The summed E-state index contributed by atoms with van der Waals surface area (Å²) >= 11 is 0. The second kappa shape index (κ2) is 8.78. The third-order valence-corrected chi connectivity index (χ3v) is 5.77. The van der Waals surface area contributed by atoms with E-state index in [1.54, 1.807) is 14.2 Å². The zero-order valence-electron chi connectivity index (χ0n) is 17.1. The molecule has 2 aromatic rings. The topological polar surface area (TPSA) is 76.6 Å². The first kappa shape index (κ1) is 19.6. The zero-order valence-corrected chi connectivity index (χ0v) is 17.1. The quantitative estimate of drug-likeness (QED) is 0.834. The molecule has 1 atom stereocenters. The average molecular weight is 396 g/mol. The van der Waals surface area contributed by atoms with Crippen molar-refractivity contribution in [3.8, 4) is 11.5 Å². The van der Waals surface area contributed by atoms with Gasteiger partial charge in [-0.1, -0.05) is 6.07 Å². The minimum atomic E-state index is 0.100. The van der Waals surface area contributed by atoms with Crippen LogP contribution in [-0.4, -0.2) is 54.6 Å². The van der Waals surface area contributed by atoms with Gasteiger partial charge in [0.1, 0.15) is 5.82 Å². The maximum Gasteiger partial charge on any atom is 0.227 e. The molecule has 2 aliphatic rings. The van der Waals surface area contributed by atoms with Gasteiger partial charge in [-0.05, 0) is 37.1 Å². The lowest BCUT2D eigenvalue weighted by molar-refractivity contribution is -0.131. The summed E-state index contributed by atoms with van der Waals surface area (Å²) in [7, 11) is 3.20. The van der Waals surface area contributed by atoms with Gasteiger partial charge < -0.3 is 19.7 Å². The fourth-order valence-corrected chi connectivity index (χ4v) is 4.09. The van der Waals surface area contributed by atoms with Crippen molar-refractivity contribution in [1.29, 1.82) is 0 Å². The number of carbonyl (C=O) groups excluding carboxylic acids is 1. The van der Waals surface area contributed by atoms with E-state index in [9.17, 15) is 4.79 Å². The molecular weight excluding hydrogens is 368 g/mol. The molecular formula is C22H28N4O3. The van der Waals surface area contributed by atoms with Gasteiger partial charge in [0.25, 0.3) is 0 Å². The summed E-state index contributed by atoms with van der Waals surface area (Å²) in [5, 5.41) is 3.42. The van der Waals surface area contributed by atoms with Crippen LogP contribution in [0.1, 0.15) is 41.4 Å². The number of ether oxygens (including phenoxy) is 2. The normalized spacial score (nSPS) is 18.8. The van der Waals surface area contributed by atoms with Gasteiger partial charge >= 0.3 is 0 Å².